The van der Waals surface area contributed by atoms with Crippen molar-refractivity contribution in [3.05, 3.63) is 17.8 Å². The molecule has 1 aromatic heterocycles. The normalized spacial score (nSPS) is 9.23. The number of nitriles is 1. The zero-order valence-electron chi connectivity index (χ0n) is 7.41. The number of nitrogens with zero attached hydrogens (tertiary/aromatic N) is 3. The van der Waals surface area contributed by atoms with E-state index in [4.69, 9.17) is 5.26 Å². The summed E-state index contributed by atoms with van der Waals surface area (Å²) in [5.41, 5.74) is 0.520. The second kappa shape index (κ2) is 5.06. The van der Waals surface area contributed by atoms with Crippen LogP contribution in [0, 0.1) is 11.3 Å². The first-order valence-electron chi connectivity index (χ1n) is 3.98. The van der Waals surface area contributed by atoms with Crippen molar-refractivity contribution < 1.29 is 0 Å². The van der Waals surface area contributed by atoms with E-state index in [1.54, 1.807) is 6.07 Å². The maximum atomic E-state index is 8.70. The summed E-state index contributed by atoms with van der Waals surface area (Å²) < 4.78 is 0. The quantitative estimate of drug-likeness (QED) is 0.632. The van der Waals surface area contributed by atoms with Crippen LogP contribution in [0.3, 0.4) is 0 Å². The molecule has 0 saturated heterocycles. The van der Waals surface area contributed by atoms with Crippen LogP contribution in [-0.4, -0.2) is 30.3 Å². The monoisotopic (exact) mass is 177 g/mol. The molecule has 0 aliphatic heterocycles. The molecule has 1 rings (SSSR count). The molecule has 0 radical (unpaired) electrons. The van der Waals surface area contributed by atoms with E-state index in [-0.39, 0.29) is 0 Å². The van der Waals surface area contributed by atoms with Crippen LogP contribution in [0.1, 0.15) is 5.56 Å². The maximum absolute atomic E-state index is 8.70. The van der Waals surface area contributed by atoms with Gasteiger partial charge in [0.15, 0.2) is 5.82 Å². The maximum Gasteiger partial charge on any atom is 0.166 e. The number of aromatic nitrogens is 2. The lowest BCUT2D eigenvalue weighted by Crippen LogP contribution is -2.18. The summed E-state index contributed by atoms with van der Waals surface area (Å²) in [5.74, 6) is 0.542. The van der Waals surface area contributed by atoms with Gasteiger partial charge >= 0.3 is 0 Å². The topological polar surface area (TPSA) is 73.6 Å². The van der Waals surface area contributed by atoms with Gasteiger partial charge in [-0.05, 0) is 13.1 Å². The van der Waals surface area contributed by atoms with Crippen molar-refractivity contribution in [2.24, 2.45) is 0 Å². The van der Waals surface area contributed by atoms with Gasteiger partial charge in [0.25, 0.3) is 0 Å². The van der Waals surface area contributed by atoms with Gasteiger partial charge in [-0.1, -0.05) is 0 Å². The molecule has 1 heterocycles. The average Bonchev–Trinajstić information content (AvgIpc) is 2.19. The number of likely N-dealkylation sites (N-methyl/N-ethyl adjacent to an activating group) is 1. The molecular weight excluding hydrogens is 166 g/mol. The number of hydrogen-bond donors (Lipinski definition) is 2. The number of rotatable bonds is 4. The van der Waals surface area contributed by atoms with E-state index in [0.29, 0.717) is 11.4 Å². The van der Waals surface area contributed by atoms with E-state index in [1.165, 1.54) is 6.20 Å². The summed E-state index contributed by atoms with van der Waals surface area (Å²) in [6, 6.07) is 3.67. The van der Waals surface area contributed by atoms with Gasteiger partial charge in [0.1, 0.15) is 6.07 Å². The number of nitrogens with one attached hydrogen (secondary N) is 2. The zero-order chi connectivity index (χ0) is 9.52. The molecule has 0 bridgehead atoms. The molecule has 0 unspecified atom stereocenters. The van der Waals surface area contributed by atoms with Crippen molar-refractivity contribution in [3.63, 3.8) is 0 Å². The van der Waals surface area contributed by atoms with Crippen LogP contribution in [0.2, 0.25) is 0 Å². The molecule has 0 aromatic carbocycles. The summed E-state index contributed by atoms with van der Waals surface area (Å²) in [7, 11) is 1.86. The van der Waals surface area contributed by atoms with Crippen LogP contribution in [0.25, 0.3) is 0 Å². The van der Waals surface area contributed by atoms with E-state index in [2.05, 4.69) is 20.8 Å². The molecule has 0 aliphatic rings. The van der Waals surface area contributed by atoms with Crippen LogP contribution >= 0.6 is 0 Å². The van der Waals surface area contributed by atoms with E-state index < -0.39 is 0 Å². The van der Waals surface area contributed by atoms with Gasteiger partial charge in [0.2, 0.25) is 0 Å². The average molecular weight is 177 g/mol. The first kappa shape index (κ1) is 9.42. The van der Waals surface area contributed by atoms with Crippen LogP contribution in [-0.2, 0) is 0 Å². The van der Waals surface area contributed by atoms with E-state index >= 15 is 0 Å². The van der Waals surface area contributed by atoms with Gasteiger partial charge in [-0.15, -0.1) is 5.10 Å². The Labute approximate surface area is 76.8 Å². The van der Waals surface area contributed by atoms with Crippen molar-refractivity contribution in [2.45, 2.75) is 0 Å². The first-order valence-corrected chi connectivity index (χ1v) is 3.98. The lowest BCUT2D eigenvalue weighted by molar-refractivity contribution is 0.818. The summed E-state index contributed by atoms with van der Waals surface area (Å²) in [6.07, 6.45) is 1.50. The van der Waals surface area contributed by atoms with E-state index in [1.807, 2.05) is 13.1 Å². The minimum absolute atomic E-state index is 0.520. The SMILES string of the molecule is CNCCNc1nnccc1C#N. The predicted molar refractivity (Wildman–Crippen MR) is 49.2 cm³/mol. The third-order valence-electron chi connectivity index (χ3n) is 1.51. The van der Waals surface area contributed by atoms with Crippen LogP contribution in [0.15, 0.2) is 12.3 Å². The molecule has 5 heteroatoms. The second-order valence-electron chi connectivity index (χ2n) is 2.44. The molecule has 0 spiro atoms. The molecule has 0 fully saturated rings. The highest BCUT2D eigenvalue weighted by Gasteiger charge is 2.00. The predicted octanol–water partition coefficient (Wildman–Crippen LogP) is -0.0204. The molecular formula is C8H11N5. The van der Waals surface area contributed by atoms with Gasteiger partial charge in [-0.3, -0.25) is 0 Å². The van der Waals surface area contributed by atoms with Gasteiger partial charge < -0.3 is 10.6 Å². The summed E-state index contributed by atoms with van der Waals surface area (Å²) in [6.45, 7) is 1.55. The Balaban J connectivity index is 2.60. The van der Waals surface area contributed by atoms with Crippen molar-refractivity contribution in [1.82, 2.24) is 15.5 Å². The van der Waals surface area contributed by atoms with Gasteiger partial charge in [-0.2, -0.15) is 10.4 Å². The lowest BCUT2D eigenvalue weighted by atomic mass is 10.3. The molecule has 0 amide bonds. The largest absolute Gasteiger partial charge is 0.366 e. The summed E-state index contributed by atoms with van der Waals surface area (Å²) >= 11 is 0. The van der Waals surface area contributed by atoms with Crippen LogP contribution < -0.4 is 10.6 Å². The van der Waals surface area contributed by atoms with Crippen molar-refractivity contribution in [1.29, 1.82) is 5.26 Å². The summed E-state index contributed by atoms with van der Waals surface area (Å²) in [5, 5.41) is 22.2. The van der Waals surface area contributed by atoms with Crippen LogP contribution in [0.4, 0.5) is 5.82 Å². The Bertz CT molecular complexity index is 304. The highest BCUT2D eigenvalue weighted by Crippen LogP contribution is 2.06. The van der Waals surface area contributed by atoms with E-state index in [0.717, 1.165) is 13.1 Å². The Hall–Kier alpha value is -1.67. The fourth-order valence-electron chi connectivity index (χ4n) is 0.858. The molecule has 13 heavy (non-hydrogen) atoms. The molecule has 5 nitrogen and oxygen atoms in total. The van der Waals surface area contributed by atoms with Crippen molar-refractivity contribution >= 4 is 5.82 Å². The molecule has 2 N–H and O–H groups in total. The highest BCUT2D eigenvalue weighted by molar-refractivity contribution is 5.49. The van der Waals surface area contributed by atoms with Crippen molar-refractivity contribution in [3.8, 4) is 6.07 Å². The molecule has 0 atom stereocenters. The Morgan fingerprint density at radius 3 is 3.08 bits per heavy atom. The van der Waals surface area contributed by atoms with Gasteiger partial charge in [0.05, 0.1) is 11.8 Å². The second-order valence-corrected chi connectivity index (χ2v) is 2.44. The Morgan fingerprint density at radius 1 is 1.54 bits per heavy atom. The van der Waals surface area contributed by atoms with Gasteiger partial charge in [-0.25, -0.2) is 0 Å². The van der Waals surface area contributed by atoms with Crippen LogP contribution in [0.5, 0.6) is 0 Å². The fraction of sp³-hybridized carbons (Fsp3) is 0.375. The Kier molecular flexibility index (Phi) is 3.67. The lowest BCUT2D eigenvalue weighted by Gasteiger charge is -2.04. The minimum Gasteiger partial charge on any atom is -0.366 e. The third-order valence-corrected chi connectivity index (χ3v) is 1.51. The number of anilines is 1. The first-order chi connectivity index (χ1) is 6.38. The Morgan fingerprint density at radius 2 is 2.38 bits per heavy atom. The fourth-order valence-corrected chi connectivity index (χ4v) is 0.858. The molecule has 68 valence electrons. The minimum atomic E-state index is 0.520. The zero-order valence-corrected chi connectivity index (χ0v) is 7.41. The van der Waals surface area contributed by atoms with Gasteiger partial charge in [0, 0.05) is 13.1 Å². The smallest absolute Gasteiger partial charge is 0.166 e. The van der Waals surface area contributed by atoms with E-state index in [9.17, 15) is 0 Å². The summed E-state index contributed by atoms with van der Waals surface area (Å²) in [4.78, 5) is 0. The molecule has 1 aromatic rings. The standard InChI is InChI=1S/C8H11N5/c1-10-4-5-11-8-7(6-9)2-3-12-13-8/h2-3,10H,4-5H2,1H3,(H,11,13). The van der Waals surface area contributed by atoms with Crippen molar-refractivity contribution in [2.75, 3.05) is 25.5 Å². The molecule has 0 aliphatic carbocycles. The highest BCUT2D eigenvalue weighted by atomic mass is 15.2. The molecule has 0 saturated carbocycles. The third kappa shape index (κ3) is 2.69. The number of hydrogen-bond acceptors (Lipinski definition) is 5.